The normalized spacial score (nSPS) is 20.4. The molecule has 0 saturated heterocycles. The second kappa shape index (κ2) is 6.14. The Morgan fingerprint density at radius 2 is 2.16 bits per heavy atom. The van der Waals surface area contributed by atoms with Gasteiger partial charge in [0.15, 0.2) is 11.4 Å². The SMILES string of the molecule is C[C@@H]1Cc2c(C(=O)NCc3nnn(C)c3C(F)(F)F)n[nH]c2[C@H](C)O1. The van der Waals surface area contributed by atoms with E-state index in [1.54, 1.807) is 0 Å². The van der Waals surface area contributed by atoms with E-state index in [0.717, 1.165) is 12.6 Å². The minimum absolute atomic E-state index is 0.0801. The molecule has 25 heavy (non-hydrogen) atoms. The van der Waals surface area contributed by atoms with Crippen LogP contribution in [0, 0.1) is 0 Å². The zero-order valence-electron chi connectivity index (χ0n) is 13.8. The first-order valence-electron chi connectivity index (χ1n) is 7.65. The molecule has 1 amide bonds. The average molecular weight is 358 g/mol. The number of carbonyl (C=O) groups is 1. The van der Waals surface area contributed by atoms with Crippen molar-refractivity contribution in [2.75, 3.05) is 0 Å². The molecule has 3 heterocycles. The summed E-state index contributed by atoms with van der Waals surface area (Å²) in [6, 6.07) is 0. The van der Waals surface area contributed by atoms with Gasteiger partial charge in [-0.05, 0) is 13.8 Å². The number of nitrogens with zero attached hydrogens (tertiary/aromatic N) is 4. The summed E-state index contributed by atoms with van der Waals surface area (Å²) in [5, 5.41) is 16.0. The number of alkyl halides is 3. The minimum atomic E-state index is -4.61. The van der Waals surface area contributed by atoms with Crippen LogP contribution in [-0.2, 0) is 30.9 Å². The van der Waals surface area contributed by atoms with Crippen LogP contribution >= 0.6 is 0 Å². The highest BCUT2D eigenvalue weighted by Crippen LogP contribution is 2.31. The third kappa shape index (κ3) is 3.23. The summed E-state index contributed by atoms with van der Waals surface area (Å²) in [5.74, 6) is -0.572. The smallest absolute Gasteiger partial charge is 0.369 e. The van der Waals surface area contributed by atoms with Gasteiger partial charge in [0.05, 0.1) is 24.4 Å². The molecule has 8 nitrogen and oxygen atoms in total. The van der Waals surface area contributed by atoms with Crippen LogP contribution in [0.25, 0.3) is 0 Å². The van der Waals surface area contributed by atoms with E-state index in [9.17, 15) is 18.0 Å². The van der Waals surface area contributed by atoms with Crippen LogP contribution in [0.2, 0.25) is 0 Å². The molecule has 1 aliphatic heterocycles. The summed E-state index contributed by atoms with van der Waals surface area (Å²) in [6.07, 6.45) is -4.42. The Labute approximate surface area is 140 Å². The maximum Gasteiger partial charge on any atom is 0.434 e. The fraction of sp³-hybridized carbons (Fsp3) is 0.571. The Morgan fingerprint density at radius 1 is 1.44 bits per heavy atom. The molecule has 2 atom stereocenters. The van der Waals surface area contributed by atoms with Crippen LogP contribution in [0.5, 0.6) is 0 Å². The highest BCUT2D eigenvalue weighted by atomic mass is 19.4. The number of H-pyrrole nitrogens is 1. The van der Waals surface area contributed by atoms with E-state index in [0.29, 0.717) is 16.8 Å². The van der Waals surface area contributed by atoms with Gasteiger partial charge in [-0.3, -0.25) is 9.89 Å². The van der Waals surface area contributed by atoms with Gasteiger partial charge < -0.3 is 10.1 Å². The lowest BCUT2D eigenvalue weighted by Gasteiger charge is -2.25. The number of ether oxygens (including phenoxy) is 1. The molecule has 3 rings (SSSR count). The molecule has 0 aromatic carbocycles. The zero-order valence-corrected chi connectivity index (χ0v) is 13.8. The Morgan fingerprint density at radius 3 is 2.84 bits per heavy atom. The van der Waals surface area contributed by atoms with Gasteiger partial charge in [0.1, 0.15) is 5.69 Å². The molecule has 136 valence electrons. The van der Waals surface area contributed by atoms with Gasteiger partial charge in [0, 0.05) is 19.0 Å². The lowest BCUT2D eigenvalue weighted by molar-refractivity contribution is -0.144. The molecule has 0 bridgehead atoms. The number of aromatic amines is 1. The molecule has 2 N–H and O–H groups in total. The van der Waals surface area contributed by atoms with Crippen molar-refractivity contribution < 1.29 is 22.7 Å². The largest absolute Gasteiger partial charge is 0.434 e. The first-order chi connectivity index (χ1) is 11.7. The van der Waals surface area contributed by atoms with Crippen molar-refractivity contribution in [2.45, 2.75) is 45.2 Å². The van der Waals surface area contributed by atoms with Gasteiger partial charge >= 0.3 is 6.18 Å². The van der Waals surface area contributed by atoms with Gasteiger partial charge in [-0.1, -0.05) is 5.21 Å². The third-order valence-corrected chi connectivity index (χ3v) is 4.03. The number of rotatable bonds is 3. The first-order valence-corrected chi connectivity index (χ1v) is 7.65. The minimum Gasteiger partial charge on any atom is -0.369 e. The maximum atomic E-state index is 13.0. The number of aromatic nitrogens is 5. The summed E-state index contributed by atoms with van der Waals surface area (Å²) in [7, 11) is 1.15. The predicted octanol–water partition coefficient (Wildman–Crippen LogP) is 1.51. The number of aryl methyl sites for hydroxylation is 1. The van der Waals surface area contributed by atoms with Crippen molar-refractivity contribution in [3.8, 4) is 0 Å². The number of nitrogens with one attached hydrogen (secondary N) is 2. The van der Waals surface area contributed by atoms with Crippen LogP contribution in [0.3, 0.4) is 0 Å². The second-order valence-corrected chi connectivity index (χ2v) is 5.95. The molecule has 2 aromatic heterocycles. The van der Waals surface area contributed by atoms with Crippen molar-refractivity contribution in [2.24, 2.45) is 7.05 Å². The van der Waals surface area contributed by atoms with E-state index in [2.05, 4.69) is 25.8 Å². The van der Waals surface area contributed by atoms with E-state index in [1.165, 1.54) is 0 Å². The Hall–Kier alpha value is -2.43. The maximum absolute atomic E-state index is 13.0. The standard InChI is InChI=1S/C14H17F3N6O2/c1-6-4-8-10(7(2)25-6)20-21-11(8)13(24)18-5-9-12(14(15,16)17)23(3)22-19-9/h6-7H,4-5H2,1-3H3,(H,18,24)(H,20,21)/t6-,7+/m1/s1. The number of carbonyl (C=O) groups excluding carboxylic acids is 1. The number of hydrogen-bond acceptors (Lipinski definition) is 5. The summed E-state index contributed by atoms with van der Waals surface area (Å²) in [6.45, 7) is 3.32. The molecular weight excluding hydrogens is 341 g/mol. The number of hydrogen-bond donors (Lipinski definition) is 2. The van der Waals surface area contributed by atoms with Gasteiger partial charge in [-0.2, -0.15) is 18.3 Å². The van der Waals surface area contributed by atoms with Gasteiger partial charge in [0.25, 0.3) is 5.91 Å². The summed E-state index contributed by atoms with van der Waals surface area (Å²) < 4.78 is 45.3. The van der Waals surface area contributed by atoms with Crippen LogP contribution < -0.4 is 5.32 Å². The Balaban J connectivity index is 1.77. The van der Waals surface area contributed by atoms with Crippen molar-refractivity contribution in [1.29, 1.82) is 0 Å². The third-order valence-electron chi connectivity index (χ3n) is 4.03. The van der Waals surface area contributed by atoms with E-state index < -0.39 is 24.3 Å². The molecule has 0 spiro atoms. The lowest BCUT2D eigenvalue weighted by atomic mass is 9.99. The van der Waals surface area contributed by atoms with Crippen molar-refractivity contribution >= 4 is 5.91 Å². The molecule has 0 unspecified atom stereocenters. The van der Waals surface area contributed by atoms with Gasteiger partial charge in [-0.25, -0.2) is 4.68 Å². The monoisotopic (exact) mass is 358 g/mol. The Kier molecular flexibility index (Phi) is 4.27. The van der Waals surface area contributed by atoms with Crippen molar-refractivity contribution in [3.63, 3.8) is 0 Å². The van der Waals surface area contributed by atoms with Crippen molar-refractivity contribution in [1.82, 2.24) is 30.5 Å². The molecule has 2 aromatic rings. The van der Waals surface area contributed by atoms with Crippen LogP contribution in [0.15, 0.2) is 0 Å². The summed E-state index contributed by atoms with van der Waals surface area (Å²) in [4.78, 5) is 12.4. The Bertz CT molecular complexity index is 797. The molecule has 0 saturated carbocycles. The van der Waals surface area contributed by atoms with Gasteiger partial charge in [-0.15, -0.1) is 5.10 Å². The number of halogens is 3. The van der Waals surface area contributed by atoms with E-state index >= 15 is 0 Å². The second-order valence-electron chi connectivity index (χ2n) is 5.95. The number of amides is 1. The fourth-order valence-corrected chi connectivity index (χ4v) is 2.98. The quantitative estimate of drug-likeness (QED) is 0.867. The van der Waals surface area contributed by atoms with Crippen molar-refractivity contribution in [3.05, 3.63) is 28.3 Å². The fourth-order valence-electron chi connectivity index (χ4n) is 2.98. The van der Waals surface area contributed by atoms with E-state index in [1.807, 2.05) is 13.8 Å². The highest BCUT2D eigenvalue weighted by Gasteiger charge is 2.38. The van der Waals surface area contributed by atoms with Crippen LogP contribution in [0.1, 0.15) is 53.1 Å². The van der Waals surface area contributed by atoms with Crippen LogP contribution in [0.4, 0.5) is 13.2 Å². The molecule has 0 fully saturated rings. The predicted molar refractivity (Wildman–Crippen MR) is 78.4 cm³/mol. The molecule has 0 aliphatic carbocycles. The molecule has 0 radical (unpaired) electrons. The van der Waals surface area contributed by atoms with Crippen LogP contribution in [-0.4, -0.2) is 37.2 Å². The van der Waals surface area contributed by atoms with Gasteiger partial charge in [0.2, 0.25) is 0 Å². The summed E-state index contributed by atoms with van der Waals surface area (Å²) >= 11 is 0. The topological polar surface area (TPSA) is 97.7 Å². The number of fused-ring (bicyclic) bond motifs is 1. The molecule has 11 heteroatoms. The zero-order chi connectivity index (χ0) is 18.4. The summed E-state index contributed by atoms with van der Waals surface area (Å²) in [5.41, 5.74) is 0.248. The van der Waals surface area contributed by atoms with E-state index in [-0.39, 0.29) is 23.6 Å². The molecule has 1 aliphatic rings. The molecular formula is C14H17F3N6O2. The average Bonchev–Trinajstić information content (AvgIpc) is 3.07. The van der Waals surface area contributed by atoms with E-state index in [4.69, 9.17) is 4.74 Å². The first kappa shape index (κ1) is 17.4. The highest BCUT2D eigenvalue weighted by molar-refractivity contribution is 5.94. The lowest BCUT2D eigenvalue weighted by Crippen LogP contribution is -2.28.